The lowest BCUT2D eigenvalue weighted by atomic mass is 9.68. The Bertz CT molecular complexity index is 3370. The van der Waals surface area contributed by atoms with Crippen molar-refractivity contribution in [3.63, 3.8) is 0 Å². The second kappa shape index (κ2) is 11.6. The summed E-state index contributed by atoms with van der Waals surface area (Å²) in [6.07, 6.45) is 6.80. The number of hydrogen-bond acceptors (Lipinski definition) is 3. The van der Waals surface area contributed by atoms with Gasteiger partial charge in [-0.2, -0.15) is 0 Å². The molecule has 3 aliphatic rings. The predicted octanol–water partition coefficient (Wildman–Crippen LogP) is 13.5. The molecule has 266 valence electrons. The molecule has 0 N–H and O–H groups in total. The van der Waals surface area contributed by atoms with Gasteiger partial charge in [-0.1, -0.05) is 164 Å². The molecule has 57 heavy (non-hydrogen) atoms. The Kier molecular flexibility index (Phi) is 6.36. The van der Waals surface area contributed by atoms with E-state index in [-0.39, 0.29) is 5.41 Å². The van der Waals surface area contributed by atoms with E-state index in [9.17, 15) is 0 Å². The Morgan fingerprint density at radius 2 is 1.07 bits per heavy atom. The second-order valence-corrected chi connectivity index (χ2v) is 16.7. The van der Waals surface area contributed by atoms with E-state index in [0.717, 1.165) is 35.3 Å². The fourth-order valence-corrected chi connectivity index (χ4v) is 11.8. The summed E-state index contributed by atoms with van der Waals surface area (Å²) >= 11 is 1.87. The number of pyridine rings is 1. The Hall–Kier alpha value is -6.88. The molecule has 0 saturated carbocycles. The summed E-state index contributed by atoms with van der Waals surface area (Å²) < 4.78 is 4.87. The van der Waals surface area contributed by atoms with Crippen LogP contribution in [0.4, 0.5) is 0 Å². The van der Waals surface area contributed by atoms with E-state index in [1.807, 2.05) is 11.3 Å². The van der Waals surface area contributed by atoms with Gasteiger partial charge < -0.3 is 0 Å². The van der Waals surface area contributed by atoms with Crippen molar-refractivity contribution in [2.24, 2.45) is 0 Å². The zero-order valence-corrected chi connectivity index (χ0v) is 31.7. The Balaban J connectivity index is 0.978. The molecule has 3 nitrogen and oxygen atoms in total. The molecule has 3 aliphatic carbocycles. The lowest BCUT2D eigenvalue weighted by Gasteiger charge is -2.33. The van der Waals surface area contributed by atoms with E-state index in [1.54, 1.807) is 0 Å². The van der Waals surface area contributed by atoms with Gasteiger partial charge in [-0.15, -0.1) is 21.5 Å². The van der Waals surface area contributed by atoms with Crippen molar-refractivity contribution in [1.29, 1.82) is 0 Å². The molecule has 10 aromatic rings. The van der Waals surface area contributed by atoms with Gasteiger partial charge >= 0.3 is 0 Å². The predicted molar refractivity (Wildman–Crippen MR) is 237 cm³/mol. The molecular formula is C53H33N3S. The first kappa shape index (κ1) is 31.3. The summed E-state index contributed by atoms with van der Waals surface area (Å²) in [5.74, 6) is 0.850. The minimum Gasteiger partial charge on any atom is -0.281 e. The number of aromatic nitrogens is 3. The molecule has 0 atom stereocenters. The molecule has 13 rings (SSSR count). The third kappa shape index (κ3) is 4.15. The van der Waals surface area contributed by atoms with E-state index in [1.165, 1.54) is 92.3 Å². The number of nitrogens with zero attached hydrogens (tertiary/aromatic N) is 3. The highest BCUT2D eigenvalue weighted by molar-refractivity contribution is 7.26. The fraction of sp³-hybridized carbons (Fsp3) is 0.0566. The third-order valence-electron chi connectivity index (χ3n) is 12.9. The van der Waals surface area contributed by atoms with Gasteiger partial charge in [-0.05, 0) is 85.5 Å². The first-order valence-electron chi connectivity index (χ1n) is 19.8. The molecule has 3 heterocycles. The number of hydrogen-bond donors (Lipinski definition) is 0. The average molecular weight is 744 g/mol. The molecule has 0 amide bonds. The van der Waals surface area contributed by atoms with Crippen LogP contribution in [0.3, 0.4) is 0 Å². The molecule has 0 unspecified atom stereocenters. The maximum Gasteiger partial charge on any atom is 0.169 e. The summed E-state index contributed by atoms with van der Waals surface area (Å²) in [6.45, 7) is 0. The van der Waals surface area contributed by atoms with Crippen molar-refractivity contribution >= 4 is 59.1 Å². The van der Waals surface area contributed by atoms with Crippen LogP contribution in [-0.4, -0.2) is 14.6 Å². The van der Waals surface area contributed by atoms with Crippen molar-refractivity contribution in [2.45, 2.75) is 18.3 Å². The summed E-state index contributed by atoms with van der Waals surface area (Å²) in [4.78, 5) is 0. The summed E-state index contributed by atoms with van der Waals surface area (Å²) in [5.41, 5.74) is 17.8. The van der Waals surface area contributed by atoms with Crippen molar-refractivity contribution in [3.8, 4) is 33.6 Å². The topological polar surface area (TPSA) is 30.2 Å². The highest BCUT2D eigenvalue weighted by Crippen LogP contribution is 2.64. The molecular weight excluding hydrogens is 711 g/mol. The first-order valence-corrected chi connectivity index (χ1v) is 20.6. The molecule has 0 bridgehead atoms. The second-order valence-electron chi connectivity index (χ2n) is 15.6. The number of benzene rings is 7. The summed E-state index contributed by atoms with van der Waals surface area (Å²) in [7, 11) is 0. The third-order valence-corrected chi connectivity index (χ3v) is 14.1. The minimum absolute atomic E-state index is 0.353. The summed E-state index contributed by atoms with van der Waals surface area (Å²) in [5, 5.41) is 14.6. The number of allylic oxidation sites excluding steroid dienone is 4. The zero-order chi connectivity index (χ0) is 37.2. The fourth-order valence-electron chi connectivity index (χ4n) is 10.5. The Morgan fingerprint density at radius 3 is 1.84 bits per heavy atom. The van der Waals surface area contributed by atoms with Crippen molar-refractivity contribution in [2.75, 3.05) is 0 Å². The van der Waals surface area contributed by atoms with Crippen molar-refractivity contribution < 1.29 is 0 Å². The largest absolute Gasteiger partial charge is 0.281 e. The Morgan fingerprint density at radius 1 is 0.474 bits per heavy atom. The van der Waals surface area contributed by atoms with Crippen molar-refractivity contribution in [1.82, 2.24) is 14.6 Å². The standard InChI is InChI=1S/C53H33N3S/c1-2-17-43-36(12-1)44(31-56-51(54-55-52(43)56)33-26-24-32(25-27-33)35-18-11-19-42-41-16-6-10-23-49(41)57-50(35)42)34-28-29-40-39-15-5-9-22-47(39)53(48(40)30-34)45-20-7-3-13-37(45)38-14-4-8-21-46(38)53/h1-27,30-31H,28-29H2. The molecule has 7 aromatic carbocycles. The van der Waals surface area contributed by atoms with Crippen LogP contribution >= 0.6 is 11.3 Å². The Labute approximate surface area is 333 Å². The van der Waals surface area contributed by atoms with E-state index in [2.05, 4.69) is 180 Å². The highest BCUT2D eigenvalue weighted by Gasteiger charge is 2.52. The highest BCUT2D eigenvalue weighted by atomic mass is 32.1. The molecule has 0 saturated heterocycles. The smallest absolute Gasteiger partial charge is 0.169 e. The minimum atomic E-state index is -0.353. The van der Waals surface area contributed by atoms with Gasteiger partial charge in [0.15, 0.2) is 11.5 Å². The molecule has 4 heteroatoms. The van der Waals surface area contributed by atoms with Crippen molar-refractivity contribution in [3.05, 3.63) is 209 Å². The van der Waals surface area contributed by atoms with Crippen LogP contribution in [0.5, 0.6) is 0 Å². The van der Waals surface area contributed by atoms with Crippen LogP contribution in [0.1, 0.15) is 40.7 Å². The van der Waals surface area contributed by atoms with Crippen LogP contribution in [0.25, 0.3) is 81.4 Å². The van der Waals surface area contributed by atoms with Crippen LogP contribution in [-0.2, 0) is 5.41 Å². The zero-order valence-electron chi connectivity index (χ0n) is 30.9. The number of rotatable bonds is 3. The number of thiophene rings is 1. The molecule has 3 aromatic heterocycles. The normalized spacial score (nSPS) is 15.1. The number of fused-ring (bicyclic) bond motifs is 15. The van der Waals surface area contributed by atoms with E-state index >= 15 is 0 Å². The lowest BCUT2D eigenvalue weighted by molar-refractivity contribution is 0.782. The van der Waals surface area contributed by atoms with Gasteiger partial charge in [-0.3, -0.25) is 4.40 Å². The van der Waals surface area contributed by atoms with Crippen LogP contribution in [0.15, 0.2) is 182 Å². The monoisotopic (exact) mass is 743 g/mol. The maximum atomic E-state index is 4.86. The van der Waals surface area contributed by atoms with Gasteiger partial charge in [0, 0.05) is 42.9 Å². The van der Waals surface area contributed by atoms with E-state index in [4.69, 9.17) is 10.2 Å². The van der Waals surface area contributed by atoms with Crippen LogP contribution in [0, 0.1) is 0 Å². The van der Waals surface area contributed by atoms with E-state index in [0.29, 0.717) is 0 Å². The van der Waals surface area contributed by atoms with Crippen LogP contribution < -0.4 is 0 Å². The quantitative estimate of drug-likeness (QED) is 0.180. The average Bonchev–Trinajstić information content (AvgIpc) is 4.03. The van der Waals surface area contributed by atoms with Gasteiger partial charge in [0.05, 0.1) is 5.41 Å². The van der Waals surface area contributed by atoms with Crippen LogP contribution in [0.2, 0.25) is 0 Å². The maximum absolute atomic E-state index is 4.86. The van der Waals surface area contributed by atoms with Gasteiger partial charge in [-0.25, -0.2) is 0 Å². The van der Waals surface area contributed by atoms with Gasteiger partial charge in [0.2, 0.25) is 0 Å². The van der Waals surface area contributed by atoms with E-state index < -0.39 is 0 Å². The molecule has 0 aliphatic heterocycles. The lowest BCUT2D eigenvalue weighted by Crippen LogP contribution is -2.27. The SMILES string of the molecule is C1=C(c2cn3c(-c4ccc(-c5cccc6c5sc5ccccc56)cc4)nnc3c3ccccc23)CCC2=C1C1(c3ccccc32)c2ccccc2-c2ccccc21. The summed E-state index contributed by atoms with van der Waals surface area (Å²) in [6, 6.07) is 60.3. The van der Waals surface area contributed by atoms with Gasteiger partial charge in [0.25, 0.3) is 0 Å². The molecule has 1 spiro atoms. The molecule has 0 fully saturated rings. The first-order chi connectivity index (χ1) is 28.3. The van der Waals surface area contributed by atoms with Gasteiger partial charge in [0.1, 0.15) is 0 Å². The molecule has 0 radical (unpaired) electrons.